The summed E-state index contributed by atoms with van der Waals surface area (Å²) in [5, 5.41) is 17.0. The first kappa shape index (κ1) is 34.5. The molecule has 0 radical (unpaired) electrons. The van der Waals surface area contributed by atoms with Crippen LogP contribution in [-0.4, -0.2) is 40.5 Å². The molecule has 6 aromatic rings. The number of benzene rings is 6. The third-order valence-corrected chi connectivity index (χ3v) is 9.91. The van der Waals surface area contributed by atoms with Crippen LogP contribution < -0.4 is 10.6 Å². The second kappa shape index (κ2) is 15.1. The zero-order valence-corrected chi connectivity index (χ0v) is 28.9. The van der Waals surface area contributed by atoms with Gasteiger partial charge < -0.3 is 15.7 Å². The monoisotopic (exact) mass is 695 g/mol. The van der Waals surface area contributed by atoms with Crippen LogP contribution in [0.15, 0.2) is 164 Å². The fourth-order valence-electron chi connectivity index (χ4n) is 7.43. The van der Waals surface area contributed by atoms with E-state index in [1.54, 1.807) is 24.3 Å². The van der Waals surface area contributed by atoms with Crippen molar-refractivity contribution in [3.63, 3.8) is 0 Å². The molecule has 1 atom stereocenters. The van der Waals surface area contributed by atoms with Crippen LogP contribution in [0.3, 0.4) is 0 Å². The van der Waals surface area contributed by atoms with Gasteiger partial charge in [0, 0.05) is 23.7 Å². The van der Waals surface area contributed by atoms with Crippen LogP contribution in [0.4, 0.5) is 10.5 Å². The molecule has 6 aromatic carbocycles. The first-order valence-electron chi connectivity index (χ1n) is 17.4. The lowest BCUT2D eigenvalue weighted by Gasteiger charge is -2.38. The van der Waals surface area contributed by atoms with E-state index in [-0.39, 0.29) is 12.5 Å². The number of carbonyl (C=O) groups excluding carboxylic acids is 2. The second-order valence-corrected chi connectivity index (χ2v) is 13.0. The highest BCUT2D eigenvalue weighted by atomic mass is 16.4. The average molecular weight is 696 g/mol. The molecule has 3 N–H and O–H groups in total. The summed E-state index contributed by atoms with van der Waals surface area (Å²) in [6.45, 7) is -0.0496. The van der Waals surface area contributed by atoms with E-state index in [9.17, 15) is 19.5 Å². The summed E-state index contributed by atoms with van der Waals surface area (Å²) >= 11 is 0. The first-order chi connectivity index (χ1) is 25.9. The van der Waals surface area contributed by atoms with E-state index < -0.39 is 35.9 Å². The molecule has 3 amide bonds. The number of amides is 3. The molecule has 0 heterocycles. The van der Waals surface area contributed by atoms with Gasteiger partial charge in [0.15, 0.2) is 0 Å². The van der Waals surface area contributed by atoms with E-state index in [1.807, 2.05) is 140 Å². The predicted octanol–water partition coefficient (Wildman–Crippen LogP) is 8.27. The Balaban J connectivity index is 1.29. The van der Waals surface area contributed by atoms with Crippen LogP contribution in [0.1, 0.15) is 45.7 Å². The third kappa shape index (κ3) is 6.91. The van der Waals surface area contributed by atoms with Crippen molar-refractivity contribution in [3.8, 4) is 23.5 Å². The van der Waals surface area contributed by atoms with Gasteiger partial charge in [-0.1, -0.05) is 145 Å². The molecule has 260 valence electrons. The van der Waals surface area contributed by atoms with Crippen LogP contribution in [0.2, 0.25) is 0 Å². The van der Waals surface area contributed by atoms with Gasteiger partial charge >= 0.3 is 6.09 Å². The lowest BCUT2D eigenvalue weighted by Crippen LogP contribution is -2.53. The quantitative estimate of drug-likeness (QED) is 0.0939. The molecule has 0 aromatic heterocycles. The Morgan fingerprint density at radius 1 is 0.660 bits per heavy atom. The van der Waals surface area contributed by atoms with Crippen molar-refractivity contribution in [2.45, 2.75) is 23.9 Å². The number of carboxylic acid groups (broad SMARTS) is 1. The van der Waals surface area contributed by atoms with Gasteiger partial charge in [-0.3, -0.25) is 14.5 Å². The van der Waals surface area contributed by atoms with Crippen LogP contribution in [0.25, 0.3) is 11.1 Å². The molecule has 1 aliphatic carbocycles. The minimum absolute atomic E-state index is 0.0496. The van der Waals surface area contributed by atoms with E-state index in [4.69, 9.17) is 6.42 Å². The lowest BCUT2D eigenvalue weighted by molar-refractivity contribution is -0.128. The third-order valence-electron chi connectivity index (χ3n) is 9.91. The maximum Gasteiger partial charge on any atom is 0.408 e. The molecule has 0 bridgehead atoms. The smallest absolute Gasteiger partial charge is 0.408 e. The van der Waals surface area contributed by atoms with E-state index in [1.165, 1.54) is 0 Å². The minimum Gasteiger partial charge on any atom is -0.465 e. The minimum atomic E-state index is -1.40. The van der Waals surface area contributed by atoms with Crippen molar-refractivity contribution in [2.75, 3.05) is 11.9 Å². The highest BCUT2D eigenvalue weighted by molar-refractivity contribution is 5.99. The number of hydrogen-bond donors (Lipinski definition) is 3. The van der Waals surface area contributed by atoms with Crippen LogP contribution in [-0.2, 0) is 15.1 Å². The van der Waals surface area contributed by atoms with Crippen molar-refractivity contribution in [1.82, 2.24) is 10.2 Å². The molecule has 0 aliphatic heterocycles. The zero-order valence-electron chi connectivity index (χ0n) is 28.9. The summed E-state index contributed by atoms with van der Waals surface area (Å²) in [4.78, 5) is 43.4. The van der Waals surface area contributed by atoms with Gasteiger partial charge in [0.1, 0.15) is 11.6 Å². The molecular formula is C46H37N3O4. The highest BCUT2D eigenvalue weighted by Gasteiger charge is 2.41. The first-order valence-corrected chi connectivity index (χ1v) is 17.4. The molecule has 1 aliphatic rings. The molecular weight excluding hydrogens is 659 g/mol. The number of terminal acetylenes is 1. The summed E-state index contributed by atoms with van der Waals surface area (Å²) in [5.41, 5.74) is 6.25. The summed E-state index contributed by atoms with van der Waals surface area (Å²) in [7, 11) is 0. The molecule has 0 fully saturated rings. The van der Waals surface area contributed by atoms with Crippen molar-refractivity contribution in [3.05, 3.63) is 197 Å². The van der Waals surface area contributed by atoms with Gasteiger partial charge in [0.05, 0.1) is 6.42 Å². The molecule has 1 unspecified atom stereocenters. The van der Waals surface area contributed by atoms with Gasteiger partial charge in [-0.15, -0.1) is 6.42 Å². The van der Waals surface area contributed by atoms with Crippen molar-refractivity contribution < 1.29 is 19.5 Å². The second-order valence-electron chi connectivity index (χ2n) is 13.0. The summed E-state index contributed by atoms with van der Waals surface area (Å²) < 4.78 is 0. The number of anilines is 1. The van der Waals surface area contributed by atoms with E-state index in [2.05, 4.69) is 16.6 Å². The summed E-state index contributed by atoms with van der Waals surface area (Å²) in [6, 6.07) is 49.9. The summed E-state index contributed by atoms with van der Waals surface area (Å²) in [5.74, 6) is 1.05. The fourth-order valence-corrected chi connectivity index (χ4v) is 7.43. The van der Waals surface area contributed by atoms with Crippen molar-refractivity contribution in [2.24, 2.45) is 0 Å². The molecule has 53 heavy (non-hydrogen) atoms. The molecule has 7 heteroatoms. The molecule has 0 saturated carbocycles. The van der Waals surface area contributed by atoms with Gasteiger partial charge in [0.25, 0.3) is 0 Å². The van der Waals surface area contributed by atoms with Crippen LogP contribution >= 0.6 is 0 Å². The predicted molar refractivity (Wildman–Crippen MR) is 207 cm³/mol. The van der Waals surface area contributed by atoms with Crippen LogP contribution in [0, 0.1) is 12.3 Å². The Hall–Kier alpha value is -6.91. The normalized spacial score (nSPS) is 12.4. The van der Waals surface area contributed by atoms with Gasteiger partial charge in [-0.2, -0.15) is 0 Å². The Labute approximate surface area is 308 Å². The summed E-state index contributed by atoms with van der Waals surface area (Å²) in [6.07, 6.45) is 3.78. The zero-order chi connectivity index (χ0) is 36.8. The Kier molecular flexibility index (Phi) is 9.86. The van der Waals surface area contributed by atoms with Gasteiger partial charge in [0.2, 0.25) is 11.8 Å². The molecule has 7 nitrogen and oxygen atoms in total. The average Bonchev–Trinajstić information content (AvgIpc) is 3.52. The number of fused-ring (bicyclic) bond motifs is 3. The van der Waals surface area contributed by atoms with E-state index in [0.717, 1.165) is 43.8 Å². The van der Waals surface area contributed by atoms with E-state index in [0.29, 0.717) is 11.3 Å². The van der Waals surface area contributed by atoms with Crippen molar-refractivity contribution in [1.29, 1.82) is 0 Å². The van der Waals surface area contributed by atoms with Crippen molar-refractivity contribution >= 4 is 23.6 Å². The maximum absolute atomic E-state index is 14.7. The molecule has 0 saturated heterocycles. The fraction of sp³-hybridized carbons (Fsp3) is 0.109. The maximum atomic E-state index is 14.7. The van der Waals surface area contributed by atoms with Crippen LogP contribution in [0.5, 0.6) is 0 Å². The lowest BCUT2D eigenvalue weighted by atomic mass is 9.77. The standard InChI is InChI=1S/C46H37N3O4/c1-2-32-26-28-36(29-27-32)47-44(51)42(49(45(52)53)31-41-39-24-14-12-22-37(39)38-23-13-15-25-40(38)41)30-43(50)48-46(33-16-6-3-7-17-33,34-18-8-4-9-19-34)35-20-10-5-11-21-35/h1,3-29,41-42H,30-31H2,(H,47,51)(H,48,50)(H,52,53). The topological polar surface area (TPSA) is 98.7 Å². The number of hydrogen-bond acceptors (Lipinski definition) is 3. The SMILES string of the molecule is C#Cc1ccc(NC(=O)C(CC(=O)NC(c2ccccc2)(c2ccccc2)c2ccccc2)N(CC2c3ccccc3-c3ccccc32)C(=O)O)cc1. The van der Waals surface area contributed by atoms with Gasteiger partial charge in [-0.05, 0) is 63.2 Å². The number of nitrogens with one attached hydrogen (secondary N) is 2. The highest BCUT2D eigenvalue weighted by Crippen LogP contribution is 2.45. The Morgan fingerprint density at radius 2 is 1.11 bits per heavy atom. The number of nitrogens with zero attached hydrogens (tertiary/aromatic N) is 1. The largest absolute Gasteiger partial charge is 0.465 e. The molecule has 7 rings (SSSR count). The Bertz CT molecular complexity index is 2140. The van der Waals surface area contributed by atoms with Gasteiger partial charge in [-0.25, -0.2) is 4.79 Å². The number of rotatable bonds is 11. The van der Waals surface area contributed by atoms with E-state index >= 15 is 0 Å². The number of carbonyl (C=O) groups is 3. The molecule has 0 spiro atoms. The Morgan fingerprint density at radius 3 is 1.57 bits per heavy atom.